The van der Waals surface area contributed by atoms with Crippen LogP contribution in [-0.4, -0.2) is 10.9 Å². The highest BCUT2D eigenvalue weighted by molar-refractivity contribution is 6.31. The van der Waals surface area contributed by atoms with Crippen LogP contribution in [0.1, 0.15) is 16.1 Å². The van der Waals surface area contributed by atoms with Gasteiger partial charge in [-0.2, -0.15) is 0 Å². The summed E-state index contributed by atoms with van der Waals surface area (Å²) >= 11 is 5.70. The molecular weight excluding hydrogens is 178 g/mol. The number of aromatic nitrogens is 1. The fourth-order valence-electron chi connectivity index (χ4n) is 0.797. The lowest BCUT2D eigenvalue weighted by Crippen LogP contribution is -2.14. The summed E-state index contributed by atoms with van der Waals surface area (Å²) in [7, 11) is 0. The van der Waals surface area contributed by atoms with Gasteiger partial charge in [0.25, 0.3) is 5.91 Å². The van der Waals surface area contributed by atoms with Gasteiger partial charge in [-0.1, -0.05) is 11.6 Å². The van der Waals surface area contributed by atoms with Crippen LogP contribution in [0.25, 0.3) is 0 Å². The van der Waals surface area contributed by atoms with Crippen LogP contribution in [0.5, 0.6) is 0 Å². The monoisotopic (exact) mass is 185 g/mol. The molecule has 1 heterocycles. The Balaban J connectivity index is 3.33. The van der Waals surface area contributed by atoms with Gasteiger partial charge in [0.15, 0.2) is 0 Å². The smallest absolute Gasteiger partial charge is 0.252 e. The number of amides is 1. The molecule has 5 heteroatoms. The molecule has 1 aromatic heterocycles. The van der Waals surface area contributed by atoms with Crippen molar-refractivity contribution in [1.29, 1.82) is 0 Å². The van der Waals surface area contributed by atoms with E-state index >= 15 is 0 Å². The Morgan fingerprint density at radius 1 is 1.67 bits per heavy atom. The van der Waals surface area contributed by atoms with Crippen LogP contribution in [0.2, 0.25) is 5.02 Å². The van der Waals surface area contributed by atoms with E-state index in [1.54, 1.807) is 6.92 Å². The van der Waals surface area contributed by atoms with Crippen molar-refractivity contribution in [3.63, 3.8) is 0 Å². The van der Waals surface area contributed by atoms with E-state index in [0.717, 1.165) is 0 Å². The quantitative estimate of drug-likeness (QED) is 0.677. The summed E-state index contributed by atoms with van der Waals surface area (Å²) in [4.78, 5) is 14.6. The molecule has 1 aromatic rings. The SMILES string of the molecule is Cc1nc(N)c(C(N)=O)cc1Cl. The number of carbonyl (C=O) groups excluding carboxylic acids is 1. The van der Waals surface area contributed by atoms with E-state index in [9.17, 15) is 4.79 Å². The number of carbonyl (C=O) groups is 1. The highest BCUT2D eigenvalue weighted by Crippen LogP contribution is 2.18. The summed E-state index contributed by atoms with van der Waals surface area (Å²) in [5, 5.41) is 0.387. The zero-order valence-corrected chi connectivity index (χ0v) is 7.22. The third kappa shape index (κ3) is 1.48. The number of nitrogen functional groups attached to an aromatic ring is 1. The summed E-state index contributed by atoms with van der Waals surface area (Å²) < 4.78 is 0. The average Bonchev–Trinajstić information content (AvgIpc) is 1.96. The van der Waals surface area contributed by atoms with Crippen LogP contribution in [0.4, 0.5) is 5.82 Å². The fraction of sp³-hybridized carbons (Fsp3) is 0.143. The second-order valence-electron chi connectivity index (χ2n) is 2.35. The van der Waals surface area contributed by atoms with Gasteiger partial charge in [-0.05, 0) is 13.0 Å². The molecule has 0 spiro atoms. The Kier molecular flexibility index (Phi) is 2.19. The van der Waals surface area contributed by atoms with Crippen LogP contribution in [0.15, 0.2) is 6.07 Å². The Morgan fingerprint density at radius 3 is 2.75 bits per heavy atom. The molecule has 0 atom stereocenters. The Hall–Kier alpha value is -1.29. The first-order valence-corrected chi connectivity index (χ1v) is 3.62. The predicted molar refractivity (Wildman–Crippen MR) is 46.9 cm³/mol. The lowest BCUT2D eigenvalue weighted by molar-refractivity contribution is 0.100. The molecule has 64 valence electrons. The van der Waals surface area contributed by atoms with Gasteiger partial charge in [-0.25, -0.2) is 4.98 Å². The lowest BCUT2D eigenvalue weighted by Gasteiger charge is -2.03. The molecule has 0 saturated heterocycles. The second-order valence-corrected chi connectivity index (χ2v) is 2.76. The number of anilines is 1. The minimum Gasteiger partial charge on any atom is -0.383 e. The summed E-state index contributed by atoms with van der Waals surface area (Å²) in [5.41, 5.74) is 11.2. The highest BCUT2D eigenvalue weighted by Gasteiger charge is 2.09. The fourth-order valence-corrected chi connectivity index (χ4v) is 0.948. The molecular formula is C7H8ClN3O. The minimum atomic E-state index is -0.623. The number of pyridine rings is 1. The Morgan fingerprint density at radius 2 is 2.25 bits per heavy atom. The van der Waals surface area contributed by atoms with E-state index in [1.165, 1.54) is 6.07 Å². The molecule has 4 N–H and O–H groups in total. The van der Waals surface area contributed by atoms with Crippen LogP contribution < -0.4 is 11.5 Å². The van der Waals surface area contributed by atoms with Crippen molar-refractivity contribution in [2.75, 3.05) is 5.73 Å². The van der Waals surface area contributed by atoms with Crippen LogP contribution >= 0.6 is 11.6 Å². The number of hydrogen-bond donors (Lipinski definition) is 2. The molecule has 0 fully saturated rings. The normalized spacial score (nSPS) is 9.83. The van der Waals surface area contributed by atoms with Gasteiger partial charge < -0.3 is 11.5 Å². The number of halogens is 1. The van der Waals surface area contributed by atoms with Crippen molar-refractivity contribution < 1.29 is 4.79 Å². The molecule has 0 unspecified atom stereocenters. The number of aryl methyl sites for hydroxylation is 1. The number of primary amides is 1. The standard InChI is InChI=1S/C7H8ClN3O/c1-3-5(8)2-4(7(10)12)6(9)11-3/h2H,1H3,(H2,9,11)(H2,10,12). The molecule has 0 saturated carbocycles. The van der Waals surface area contributed by atoms with E-state index in [2.05, 4.69) is 4.98 Å². The summed E-state index contributed by atoms with van der Waals surface area (Å²) in [5.74, 6) is -0.508. The molecule has 0 aliphatic rings. The van der Waals surface area contributed by atoms with E-state index < -0.39 is 5.91 Å². The van der Waals surface area contributed by atoms with Gasteiger partial charge in [-0.3, -0.25) is 4.79 Å². The van der Waals surface area contributed by atoms with Crippen LogP contribution in [-0.2, 0) is 0 Å². The van der Waals surface area contributed by atoms with E-state index in [-0.39, 0.29) is 11.4 Å². The molecule has 0 aromatic carbocycles. The maximum atomic E-state index is 10.7. The van der Waals surface area contributed by atoms with Crippen LogP contribution in [0, 0.1) is 6.92 Å². The van der Waals surface area contributed by atoms with Crippen molar-refractivity contribution >= 4 is 23.3 Å². The van der Waals surface area contributed by atoms with Crippen molar-refractivity contribution in [3.8, 4) is 0 Å². The highest BCUT2D eigenvalue weighted by atomic mass is 35.5. The van der Waals surface area contributed by atoms with Gasteiger partial charge in [0.05, 0.1) is 16.3 Å². The third-order valence-corrected chi connectivity index (χ3v) is 1.83. The minimum absolute atomic E-state index is 0.115. The molecule has 0 aliphatic heterocycles. The largest absolute Gasteiger partial charge is 0.383 e. The first-order chi connectivity index (χ1) is 5.52. The first kappa shape index (κ1) is 8.80. The van der Waals surface area contributed by atoms with Gasteiger partial charge >= 0.3 is 0 Å². The summed E-state index contributed by atoms with van der Waals surface area (Å²) in [6.07, 6.45) is 0. The van der Waals surface area contributed by atoms with Gasteiger partial charge in [0.1, 0.15) is 5.82 Å². The van der Waals surface area contributed by atoms with Crippen LogP contribution in [0.3, 0.4) is 0 Å². The number of nitrogens with two attached hydrogens (primary N) is 2. The van der Waals surface area contributed by atoms with Crippen molar-refractivity contribution in [2.45, 2.75) is 6.92 Å². The lowest BCUT2D eigenvalue weighted by atomic mass is 10.2. The zero-order valence-electron chi connectivity index (χ0n) is 6.47. The third-order valence-electron chi connectivity index (χ3n) is 1.45. The van der Waals surface area contributed by atoms with Gasteiger partial charge in [-0.15, -0.1) is 0 Å². The molecule has 0 aliphatic carbocycles. The van der Waals surface area contributed by atoms with E-state index in [4.69, 9.17) is 23.1 Å². The van der Waals surface area contributed by atoms with Crippen molar-refractivity contribution in [2.24, 2.45) is 5.73 Å². The molecule has 12 heavy (non-hydrogen) atoms. The maximum absolute atomic E-state index is 10.7. The predicted octanol–water partition coefficient (Wildman–Crippen LogP) is 0.725. The Labute approximate surface area is 74.5 Å². The average molecular weight is 186 g/mol. The maximum Gasteiger partial charge on any atom is 0.252 e. The topological polar surface area (TPSA) is 82.0 Å². The summed E-state index contributed by atoms with van der Waals surface area (Å²) in [6.45, 7) is 1.70. The molecule has 1 amide bonds. The van der Waals surface area contributed by atoms with Crippen molar-refractivity contribution in [1.82, 2.24) is 4.98 Å². The Bertz CT molecular complexity index is 338. The second kappa shape index (κ2) is 2.98. The molecule has 1 rings (SSSR count). The number of nitrogens with zero attached hydrogens (tertiary/aromatic N) is 1. The summed E-state index contributed by atoms with van der Waals surface area (Å²) in [6, 6.07) is 1.42. The zero-order chi connectivity index (χ0) is 9.30. The van der Waals surface area contributed by atoms with Gasteiger partial charge in [0, 0.05) is 0 Å². The molecule has 4 nitrogen and oxygen atoms in total. The number of rotatable bonds is 1. The molecule has 0 radical (unpaired) electrons. The number of hydrogen-bond acceptors (Lipinski definition) is 3. The van der Waals surface area contributed by atoms with E-state index in [1.807, 2.05) is 0 Å². The van der Waals surface area contributed by atoms with Crippen molar-refractivity contribution in [3.05, 3.63) is 22.3 Å². The first-order valence-electron chi connectivity index (χ1n) is 3.25. The molecule has 0 bridgehead atoms. The van der Waals surface area contributed by atoms with E-state index in [0.29, 0.717) is 10.7 Å². The van der Waals surface area contributed by atoms with Gasteiger partial charge in [0.2, 0.25) is 0 Å².